The number of carboxylic acids is 1. The average molecular weight is 247 g/mol. The van der Waals surface area contributed by atoms with Crippen molar-refractivity contribution in [3.63, 3.8) is 0 Å². The molecule has 1 aromatic carbocycles. The van der Waals surface area contributed by atoms with Crippen molar-refractivity contribution in [1.29, 1.82) is 0 Å². The second-order valence-corrected chi connectivity index (χ2v) is 5.23. The van der Waals surface area contributed by atoms with Gasteiger partial charge in [-0.05, 0) is 68.2 Å². The minimum atomic E-state index is -0.839. The third-order valence-corrected chi connectivity index (χ3v) is 4.03. The molecule has 0 bridgehead atoms. The Balaban J connectivity index is 2.01. The molecule has 98 valence electrons. The topological polar surface area (TPSA) is 63.3 Å². The van der Waals surface area contributed by atoms with Crippen LogP contribution in [-0.4, -0.2) is 17.6 Å². The zero-order chi connectivity index (χ0) is 13.0. The van der Waals surface area contributed by atoms with E-state index in [9.17, 15) is 4.79 Å². The zero-order valence-corrected chi connectivity index (χ0v) is 10.6. The highest BCUT2D eigenvalue weighted by atomic mass is 16.4. The molecule has 3 N–H and O–H groups in total. The lowest BCUT2D eigenvalue weighted by molar-refractivity contribution is 0.0696. The summed E-state index contributed by atoms with van der Waals surface area (Å²) >= 11 is 0. The lowest BCUT2D eigenvalue weighted by atomic mass is 9.77. The summed E-state index contributed by atoms with van der Waals surface area (Å²) < 4.78 is 0. The molecule has 0 spiro atoms. The van der Waals surface area contributed by atoms with Crippen LogP contribution in [0.4, 0.5) is 0 Å². The fraction of sp³-hybridized carbons (Fsp3) is 0.533. The summed E-state index contributed by atoms with van der Waals surface area (Å²) in [5.74, 6) is 0.459. The Morgan fingerprint density at radius 2 is 2.00 bits per heavy atom. The number of nitrogens with two attached hydrogens (primary N) is 1. The summed E-state index contributed by atoms with van der Waals surface area (Å²) in [6, 6.07) is 7.40. The van der Waals surface area contributed by atoms with Crippen molar-refractivity contribution in [3.8, 4) is 0 Å². The number of rotatable bonds is 4. The Kier molecular flexibility index (Phi) is 4.37. The van der Waals surface area contributed by atoms with Gasteiger partial charge in [-0.3, -0.25) is 0 Å². The lowest BCUT2D eigenvalue weighted by Crippen LogP contribution is -2.16. The maximum absolute atomic E-state index is 11.0. The number of hydrogen-bond acceptors (Lipinski definition) is 2. The highest BCUT2D eigenvalue weighted by molar-refractivity contribution is 5.87. The fourth-order valence-electron chi connectivity index (χ4n) is 2.95. The Hall–Kier alpha value is -1.35. The Morgan fingerprint density at radius 3 is 2.61 bits per heavy atom. The molecule has 0 saturated heterocycles. The molecule has 0 amide bonds. The number of aromatic carboxylic acids is 1. The molecule has 0 radical (unpaired) electrons. The second-order valence-electron chi connectivity index (χ2n) is 5.23. The zero-order valence-electron chi connectivity index (χ0n) is 10.6. The van der Waals surface area contributed by atoms with E-state index < -0.39 is 5.97 Å². The highest BCUT2D eigenvalue weighted by Crippen LogP contribution is 2.36. The van der Waals surface area contributed by atoms with Gasteiger partial charge in [-0.2, -0.15) is 0 Å². The van der Waals surface area contributed by atoms with Gasteiger partial charge in [0.05, 0.1) is 5.56 Å². The number of carbonyl (C=O) groups is 1. The molecule has 1 aliphatic rings. The molecular weight excluding hydrogens is 226 g/mol. The van der Waals surface area contributed by atoms with Gasteiger partial charge in [0.25, 0.3) is 0 Å². The van der Waals surface area contributed by atoms with Crippen LogP contribution in [0.3, 0.4) is 0 Å². The van der Waals surface area contributed by atoms with Gasteiger partial charge in [-0.25, -0.2) is 4.79 Å². The Morgan fingerprint density at radius 1 is 1.28 bits per heavy atom. The predicted molar refractivity (Wildman–Crippen MR) is 71.8 cm³/mol. The Bertz CT molecular complexity index is 409. The van der Waals surface area contributed by atoms with Gasteiger partial charge in [0.15, 0.2) is 0 Å². The van der Waals surface area contributed by atoms with Gasteiger partial charge in [-0.1, -0.05) is 12.1 Å². The van der Waals surface area contributed by atoms with Crippen LogP contribution in [-0.2, 0) is 0 Å². The number of hydrogen-bond donors (Lipinski definition) is 2. The first kappa shape index (κ1) is 13.1. The van der Waals surface area contributed by atoms with Gasteiger partial charge in [0.2, 0.25) is 0 Å². The molecule has 3 heteroatoms. The normalized spacial score (nSPS) is 23.8. The fourth-order valence-corrected chi connectivity index (χ4v) is 2.95. The quantitative estimate of drug-likeness (QED) is 0.859. The van der Waals surface area contributed by atoms with Crippen LogP contribution in [0.5, 0.6) is 0 Å². The molecule has 1 aromatic rings. The first-order chi connectivity index (χ1) is 8.70. The van der Waals surface area contributed by atoms with Gasteiger partial charge >= 0.3 is 5.97 Å². The molecule has 0 unspecified atom stereocenters. The van der Waals surface area contributed by atoms with E-state index in [4.69, 9.17) is 10.8 Å². The van der Waals surface area contributed by atoms with Crippen LogP contribution in [0.1, 0.15) is 53.9 Å². The monoisotopic (exact) mass is 247 g/mol. The smallest absolute Gasteiger partial charge is 0.335 e. The van der Waals surface area contributed by atoms with Gasteiger partial charge in [0, 0.05) is 0 Å². The molecule has 0 aromatic heterocycles. The SMILES string of the molecule is NCCC1CCC(c2cccc(C(=O)O)c2)CC1. The highest BCUT2D eigenvalue weighted by Gasteiger charge is 2.22. The standard InChI is InChI=1S/C15H21NO2/c16-9-8-11-4-6-12(7-5-11)13-2-1-3-14(10-13)15(17)18/h1-3,10-12H,4-9,16H2,(H,17,18). The summed E-state index contributed by atoms with van der Waals surface area (Å²) in [7, 11) is 0. The van der Waals surface area contributed by atoms with E-state index in [0.29, 0.717) is 11.5 Å². The predicted octanol–water partition coefficient (Wildman–Crippen LogP) is 3.01. The van der Waals surface area contributed by atoms with Crippen LogP contribution in [0.25, 0.3) is 0 Å². The summed E-state index contributed by atoms with van der Waals surface area (Å²) in [5, 5.41) is 9.01. The van der Waals surface area contributed by atoms with Crippen LogP contribution >= 0.6 is 0 Å². The van der Waals surface area contributed by atoms with Crippen molar-refractivity contribution in [2.45, 2.75) is 38.0 Å². The molecule has 2 rings (SSSR count). The van der Waals surface area contributed by atoms with Gasteiger partial charge in [0.1, 0.15) is 0 Å². The van der Waals surface area contributed by atoms with Crippen molar-refractivity contribution in [3.05, 3.63) is 35.4 Å². The first-order valence-electron chi connectivity index (χ1n) is 6.74. The molecule has 1 saturated carbocycles. The third-order valence-electron chi connectivity index (χ3n) is 4.03. The van der Waals surface area contributed by atoms with Gasteiger partial charge in [-0.15, -0.1) is 0 Å². The molecule has 1 fully saturated rings. The van der Waals surface area contributed by atoms with Crippen LogP contribution in [0.15, 0.2) is 24.3 Å². The minimum Gasteiger partial charge on any atom is -0.478 e. The van der Waals surface area contributed by atoms with E-state index in [1.165, 1.54) is 18.4 Å². The maximum atomic E-state index is 11.0. The first-order valence-corrected chi connectivity index (χ1v) is 6.74. The van der Waals surface area contributed by atoms with E-state index >= 15 is 0 Å². The molecular formula is C15H21NO2. The molecule has 18 heavy (non-hydrogen) atoms. The summed E-state index contributed by atoms with van der Waals surface area (Å²) in [4.78, 5) is 11.0. The van der Waals surface area contributed by atoms with Crippen LogP contribution in [0.2, 0.25) is 0 Å². The summed E-state index contributed by atoms with van der Waals surface area (Å²) in [6.45, 7) is 0.782. The van der Waals surface area contributed by atoms with Crippen molar-refractivity contribution in [1.82, 2.24) is 0 Å². The van der Waals surface area contributed by atoms with Crippen molar-refractivity contribution >= 4 is 5.97 Å². The summed E-state index contributed by atoms with van der Waals surface area (Å²) in [5.41, 5.74) is 7.17. The largest absolute Gasteiger partial charge is 0.478 e. The summed E-state index contributed by atoms with van der Waals surface area (Å²) in [6.07, 6.45) is 5.89. The molecule has 0 atom stereocenters. The lowest BCUT2D eigenvalue weighted by Gasteiger charge is -2.28. The van der Waals surface area contributed by atoms with E-state index in [2.05, 4.69) is 6.07 Å². The van der Waals surface area contributed by atoms with Gasteiger partial charge < -0.3 is 10.8 Å². The molecule has 1 aliphatic carbocycles. The second kappa shape index (κ2) is 6.01. The maximum Gasteiger partial charge on any atom is 0.335 e. The van der Waals surface area contributed by atoms with E-state index in [1.54, 1.807) is 6.07 Å². The molecule has 0 aliphatic heterocycles. The van der Waals surface area contributed by atoms with E-state index in [0.717, 1.165) is 31.7 Å². The van der Waals surface area contributed by atoms with Crippen molar-refractivity contribution < 1.29 is 9.90 Å². The van der Waals surface area contributed by atoms with Crippen LogP contribution < -0.4 is 5.73 Å². The van der Waals surface area contributed by atoms with E-state index in [1.807, 2.05) is 12.1 Å². The van der Waals surface area contributed by atoms with E-state index in [-0.39, 0.29) is 0 Å². The van der Waals surface area contributed by atoms with Crippen LogP contribution in [0, 0.1) is 5.92 Å². The van der Waals surface area contributed by atoms with Crippen molar-refractivity contribution in [2.75, 3.05) is 6.54 Å². The van der Waals surface area contributed by atoms with Crippen molar-refractivity contribution in [2.24, 2.45) is 11.7 Å². The third kappa shape index (κ3) is 3.10. The number of carboxylic acid groups (broad SMARTS) is 1. The molecule has 3 nitrogen and oxygen atoms in total. The molecule has 0 heterocycles. The average Bonchev–Trinajstić information content (AvgIpc) is 2.40. The minimum absolute atomic E-state index is 0.400. The Labute approximate surface area is 108 Å². The number of benzene rings is 1.